The van der Waals surface area contributed by atoms with Gasteiger partial charge in [0.05, 0.1) is 6.20 Å². The topological polar surface area (TPSA) is 51.5 Å². The lowest BCUT2D eigenvalue weighted by Gasteiger charge is -2.11. The van der Waals surface area contributed by atoms with Crippen LogP contribution in [0, 0.1) is 6.92 Å². The molecule has 22 heavy (non-hydrogen) atoms. The van der Waals surface area contributed by atoms with Crippen LogP contribution in [0.4, 0.5) is 14.5 Å². The van der Waals surface area contributed by atoms with E-state index in [-0.39, 0.29) is 5.75 Å². The van der Waals surface area contributed by atoms with E-state index in [0.29, 0.717) is 17.8 Å². The molecule has 0 aliphatic rings. The number of aryl methyl sites for hydroxylation is 1. The number of alkyl halides is 2. The molecule has 0 aliphatic carbocycles. The fourth-order valence-corrected chi connectivity index (χ4v) is 2.08. The fourth-order valence-electron chi connectivity index (χ4n) is 2.08. The van der Waals surface area contributed by atoms with Crippen LogP contribution in [0.1, 0.15) is 11.1 Å². The van der Waals surface area contributed by atoms with Gasteiger partial charge in [0.2, 0.25) is 0 Å². The van der Waals surface area contributed by atoms with Crippen molar-refractivity contribution in [2.75, 3.05) is 5.32 Å². The predicted molar refractivity (Wildman–Crippen MR) is 78.1 cm³/mol. The number of halogens is 2. The summed E-state index contributed by atoms with van der Waals surface area (Å²) in [5, 5.41) is 7.27. The summed E-state index contributed by atoms with van der Waals surface area (Å²) >= 11 is 0. The van der Waals surface area contributed by atoms with E-state index in [1.807, 2.05) is 18.3 Å². The number of hydrogen-bond donors (Lipinski definition) is 1. The second kappa shape index (κ2) is 5.97. The number of hydrogen-bond acceptors (Lipinski definition) is 4. The highest BCUT2D eigenvalue weighted by molar-refractivity contribution is 5.51. The first kappa shape index (κ1) is 14.2. The second-order valence-electron chi connectivity index (χ2n) is 4.81. The zero-order valence-corrected chi connectivity index (χ0v) is 11.8. The summed E-state index contributed by atoms with van der Waals surface area (Å²) in [5.74, 6) is 0.167. The number of aromatic nitrogens is 3. The van der Waals surface area contributed by atoms with Crippen molar-refractivity contribution < 1.29 is 13.5 Å². The predicted octanol–water partition coefficient (Wildman–Crippen LogP) is 3.25. The molecule has 0 amide bonds. The molecule has 1 N–H and O–H groups in total. The summed E-state index contributed by atoms with van der Waals surface area (Å²) in [6, 6.07) is 6.91. The highest BCUT2D eigenvalue weighted by Gasteiger charge is 2.08. The fraction of sp³-hybridized carbons (Fsp3) is 0.200. The van der Waals surface area contributed by atoms with Gasteiger partial charge in [0.25, 0.3) is 0 Å². The lowest BCUT2D eigenvalue weighted by molar-refractivity contribution is -0.0502. The normalized spacial score (nSPS) is 11.1. The molecule has 7 heteroatoms. The average Bonchev–Trinajstić information content (AvgIpc) is 2.95. The van der Waals surface area contributed by atoms with Crippen molar-refractivity contribution in [1.82, 2.24) is 14.6 Å². The maximum Gasteiger partial charge on any atom is 0.387 e. The number of fused-ring (bicyclic) bond motifs is 1. The van der Waals surface area contributed by atoms with E-state index in [1.165, 1.54) is 0 Å². The Bertz CT molecular complexity index is 788. The summed E-state index contributed by atoms with van der Waals surface area (Å²) in [4.78, 5) is 4.26. The highest BCUT2D eigenvalue weighted by Crippen LogP contribution is 2.24. The summed E-state index contributed by atoms with van der Waals surface area (Å²) in [5.41, 5.74) is 3.05. The Morgan fingerprint density at radius 1 is 1.32 bits per heavy atom. The summed E-state index contributed by atoms with van der Waals surface area (Å²) in [7, 11) is 0. The Kier molecular flexibility index (Phi) is 3.86. The van der Waals surface area contributed by atoms with Crippen molar-refractivity contribution in [3.63, 3.8) is 0 Å². The molecule has 0 saturated heterocycles. The quantitative estimate of drug-likeness (QED) is 0.786. The third-order valence-electron chi connectivity index (χ3n) is 3.20. The van der Waals surface area contributed by atoms with Crippen molar-refractivity contribution in [2.24, 2.45) is 0 Å². The molecule has 0 saturated carbocycles. The van der Waals surface area contributed by atoms with Crippen LogP contribution in [0.5, 0.6) is 5.75 Å². The van der Waals surface area contributed by atoms with E-state index >= 15 is 0 Å². The smallest absolute Gasteiger partial charge is 0.387 e. The minimum atomic E-state index is -2.83. The van der Waals surface area contributed by atoms with E-state index < -0.39 is 6.61 Å². The molecule has 2 aromatic heterocycles. The van der Waals surface area contributed by atoms with Gasteiger partial charge in [-0.2, -0.15) is 13.9 Å². The van der Waals surface area contributed by atoms with E-state index in [2.05, 4.69) is 20.1 Å². The molecule has 0 spiro atoms. The Morgan fingerprint density at radius 3 is 3.00 bits per heavy atom. The van der Waals surface area contributed by atoms with E-state index in [4.69, 9.17) is 0 Å². The summed E-state index contributed by atoms with van der Waals surface area (Å²) in [6.07, 6.45) is 5.28. The van der Waals surface area contributed by atoms with Gasteiger partial charge in [0, 0.05) is 42.3 Å². The molecule has 0 aliphatic heterocycles. The summed E-state index contributed by atoms with van der Waals surface area (Å²) < 4.78 is 30.8. The minimum Gasteiger partial charge on any atom is -0.434 e. The Balaban J connectivity index is 1.72. The largest absolute Gasteiger partial charge is 0.434 e. The van der Waals surface area contributed by atoms with Crippen LogP contribution >= 0.6 is 0 Å². The zero-order valence-electron chi connectivity index (χ0n) is 11.8. The standard InChI is InChI=1S/C15H14F2N4O/c1-10-2-3-12(6-13(10)22-15(16)17)18-7-11-8-19-14-4-5-20-21(14)9-11/h2-6,8-9,15,18H,7H2,1H3. The van der Waals surface area contributed by atoms with Crippen LogP contribution in [0.3, 0.4) is 0 Å². The van der Waals surface area contributed by atoms with Gasteiger partial charge >= 0.3 is 6.61 Å². The molecule has 3 aromatic rings. The number of anilines is 1. The van der Waals surface area contributed by atoms with Gasteiger partial charge in [-0.3, -0.25) is 0 Å². The molecule has 3 rings (SSSR count). The van der Waals surface area contributed by atoms with Gasteiger partial charge in [0.1, 0.15) is 5.75 Å². The maximum absolute atomic E-state index is 12.3. The van der Waals surface area contributed by atoms with Crippen molar-refractivity contribution in [3.8, 4) is 5.75 Å². The van der Waals surface area contributed by atoms with Gasteiger partial charge in [-0.25, -0.2) is 9.50 Å². The van der Waals surface area contributed by atoms with E-state index in [0.717, 1.165) is 11.2 Å². The first-order valence-corrected chi connectivity index (χ1v) is 6.69. The number of ether oxygens (including phenoxy) is 1. The van der Waals surface area contributed by atoms with Crippen LogP contribution in [-0.4, -0.2) is 21.2 Å². The number of nitrogens with zero attached hydrogens (tertiary/aromatic N) is 3. The molecule has 5 nitrogen and oxygen atoms in total. The molecule has 0 unspecified atom stereocenters. The molecule has 0 atom stereocenters. The van der Waals surface area contributed by atoms with Crippen molar-refractivity contribution in [3.05, 3.63) is 54.0 Å². The third kappa shape index (κ3) is 3.13. The van der Waals surface area contributed by atoms with Crippen LogP contribution < -0.4 is 10.1 Å². The van der Waals surface area contributed by atoms with Crippen LogP contribution in [0.2, 0.25) is 0 Å². The van der Waals surface area contributed by atoms with E-state index in [9.17, 15) is 8.78 Å². The molecule has 1 aromatic carbocycles. The molecular weight excluding hydrogens is 290 g/mol. The van der Waals surface area contributed by atoms with Gasteiger partial charge in [-0.1, -0.05) is 6.07 Å². The van der Waals surface area contributed by atoms with Gasteiger partial charge in [-0.05, 0) is 18.6 Å². The Hall–Kier alpha value is -2.70. The van der Waals surface area contributed by atoms with Crippen LogP contribution in [0.15, 0.2) is 42.9 Å². The lowest BCUT2D eigenvalue weighted by atomic mass is 10.2. The molecule has 0 fully saturated rings. The zero-order chi connectivity index (χ0) is 15.5. The van der Waals surface area contributed by atoms with Gasteiger partial charge in [-0.15, -0.1) is 0 Å². The van der Waals surface area contributed by atoms with Gasteiger partial charge < -0.3 is 10.1 Å². The van der Waals surface area contributed by atoms with Crippen molar-refractivity contribution >= 4 is 11.3 Å². The highest BCUT2D eigenvalue weighted by atomic mass is 19.3. The molecular formula is C15H14F2N4O. The average molecular weight is 304 g/mol. The number of benzene rings is 1. The van der Waals surface area contributed by atoms with E-state index in [1.54, 1.807) is 36.0 Å². The minimum absolute atomic E-state index is 0.167. The van der Waals surface area contributed by atoms with Crippen LogP contribution in [0.25, 0.3) is 5.65 Å². The molecule has 0 radical (unpaired) electrons. The maximum atomic E-state index is 12.3. The SMILES string of the molecule is Cc1ccc(NCc2cnc3ccnn3c2)cc1OC(F)F. The van der Waals surface area contributed by atoms with Gasteiger partial charge in [0.15, 0.2) is 5.65 Å². The molecule has 0 bridgehead atoms. The Morgan fingerprint density at radius 2 is 2.18 bits per heavy atom. The number of rotatable bonds is 5. The summed E-state index contributed by atoms with van der Waals surface area (Å²) in [6.45, 7) is -0.614. The van der Waals surface area contributed by atoms with Crippen molar-refractivity contribution in [2.45, 2.75) is 20.1 Å². The first-order valence-electron chi connectivity index (χ1n) is 6.69. The third-order valence-corrected chi connectivity index (χ3v) is 3.20. The lowest BCUT2D eigenvalue weighted by Crippen LogP contribution is -2.05. The monoisotopic (exact) mass is 304 g/mol. The first-order chi connectivity index (χ1) is 10.6. The Labute approximate surface area is 125 Å². The van der Waals surface area contributed by atoms with Crippen LogP contribution in [-0.2, 0) is 6.54 Å². The second-order valence-corrected chi connectivity index (χ2v) is 4.81. The number of nitrogens with one attached hydrogen (secondary N) is 1. The van der Waals surface area contributed by atoms with Crippen molar-refractivity contribution in [1.29, 1.82) is 0 Å². The molecule has 114 valence electrons. The molecule has 2 heterocycles.